The van der Waals surface area contributed by atoms with E-state index in [1.807, 2.05) is 48.5 Å². The van der Waals surface area contributed by atoms with Gasteiger partial charge in [-0.2, -0.15) is 0 Å². The lowest BCUT2D eigenvalue weighted by Crippen LogP contribution is -2.45. The van der Waals surface area contributed by atoms with Crippen LogP contribution in [0.5, 0.6) is 5.75 Å². The molecule has 0 radical (unpaired) electrons. The molecule has 2 rings (SSSR count). The largest absolute Gasteiger partial charge is 0.483 e. The van der Waals surface area contributed by atoms with Crippen LogP contribution in [0, 0.1) is 0 Å². The number of esters is 1. The Balaban J connectivity index is 2.00. The molecule has 0 aliphatic rings. The van der Waals surface area contributed by atoms with Gasteiger partial charge in [-0.1, -0.05) is 57.2 Å². The molecule has 29 heavy (non-hydrogen) atoms. The zero-order valence-electron chi connectivity index (χ0n) is 17.3. The Morgan fingerprint density at radius 2 is 1.79 bits per heavy atom. The maximum absolute atomic E-state index is 12.4. The second-order valence-corrected chi connectivity index (χ2v) is 8.60. The lowest BCUT2D eigenvalue weighted by Gasteiger charge is -2.20. The summed E-state index contributed by atoms with van der Waals surface area (Å²) in [7, 11) is 0. The summed E-state index contributed by atoms with van der Waals surface area (Å²) in [4.78, 5) is 24.7. The van der Waals surface area contributed by atoms with Crippen LogP contribution in [0.3, 0.4) is 0 Å². The Kier molecular flexibility index (Phi) is 8.26. The zero-order chi connectivity index (χ0) is 21.4. The number of amides is 1. The van der Waals surface area contributed by atoms with Crippen molar-refractivity contribution in [3.8, 4) is 5.75 Å². The van der Waals surface area contributed by atoms with Crippen LogP contribution >= 0.6 is 15.9 Å². The molecule has 0 saturated heterocycles. The molecule has 1 amide bonds. The highest BCUT2D eigenvalue weighted by molar-refractivity contribution is 9.10. The quantitative estimate of drug-likeness (QED) is 0.591. The summed E-state index contributed by atoms with van der Waals surface area (Å²) in [5.41, 5.74) is 2.11. The predicted octanol–water partition coefficient (Wildman–Crippen LogP) is 4.42. The number of carbonyl (C=O) groups excluding carboxylic acids is 2. The van der Waals surface area contributed by atoms with E-state index in [0.717, 1.165) is 15.6 Å². The van der Waals surface area contributed by atoms with E-state index in [1.165, 1.54) is 0 Å². The Bertz CT molecular complexity index is 831. The standard InChI is InChI=1S/C23H28BrNO4/c1-5-28-22(27)19(13-16-9-7-6-8-10-16)25-21(26)15-29-20-12-11-17(14-18(20)24)23(2,3)4/h6-12,14,19H,5,13,15H2,1-4H3,(H,25,26). The molecule has 0 aliphatic carbocycles. The van der Waals surface area contributed by atoms with Gasteiger partial charge in [-0.15, -0.1) is 0 Å². The van der Waals surface area contributed by atoms with Crippen LogP contribution in [0.15, 0.2) is 53.0 Å². The van der Waals surface area contributed by atoms with Gasteiger partial charge < -0.3 is 14.8 Å². The maximum atomic E-state index is 12.4. The number of benzene rings is 2. The van der Waals surface area contributed by atoms with Gasteiger partial charge in [0.05, 0.1) is 11.1 Å². The van der Waals surface area contributed by atoms with E-state index < -0.39 is 12.0 Å². The summed E-state index contributed by atoms with van der Waals surface area (Å²) in [5, 5.41) is 2.72. The van der Waals surface area contributed by atoms with Crippen LogP contribution < -0.4 is 10.1 Å². The average Bonchev–Trinajstić information content (AvgIpc) is 2.66. The fraction of sp³-hybridized carbons (Fsp3) is 0.391. The molecule has 1 N–H and O–H groups in total. The van der Waals surface area contributed by atoms with Crippen molar-refractivity contribution >= 4 is 27.8 Å². The van der Waals surface area contributed by atoms with Crippen LogP contribution in [0.1, 0.15) is 38.8 Å². The third-order valence-electron chi connectivity index (χ3n) is 4.35. The molecule has 1 atom stereocenters. The van der Waals surface area contributed by atoms with Gasteiger partial charge in [-0.3, -0.25) is 4.79 Å². The van der Waals surface area contributed by atoms with Crippen LogP contribution in [0.4, 0.5) is 0 Å². The number of rotatable bonds is 8. The molecule has 6 heteroatoms. The minimum absolute atomic E-state index is 0.0166. The zero-order valence-corrected chi connectivity index (χ0v) is 18.9. The van der Waals surface area contributed by atoms with Gasteiger partial charge in [0.2, 0.25) is 0 Å². The number of hydrogen-bond acceptors (Lipinski definition) is 4. The van der Waals surface area contributed by atoms with Gasteiger partial charge in [-0.05, 0) is 51.5 Å². The Hall–Kier alpha value is -2.34. The predicted molar refractivity (Wildman–Crippen MR) is 117 cm³/mol. The van der Waals surface area contributed by atoms with E-state index >= 15 is 0 Å². The highest BCUT2D eigenvalue weighted by Crippen LogP contribution is 2.31. The lowest BCUT2D eigenvalue weighted by atomic mass is 9.87. The summed E-state index contributed by atoms with van der Waals surface area (Å²) in [5.74, 6) is -0.268. The first-order chi connectivity index (χ1) is 13.7. The Labute approximate surface area is 180 Å². The fourth-order valence-electron chi connectivity index (χ4n) is 2.75. The molecule has 156 valence electrons. The van der Waals surface area contributed by atoms with Crippen molar-refractivity contribution in [1.29, 1.82) is 0 Å². The molecule has 0 heterocycles. The SMILES string of the molecule is CCOC(=O)C(Cc1ccccc1)NC(=O)COc1ccc(C(C)(C)C)cc1Br. The van der Waals surface area contributed by atoms with Crippen molar-refractivity contribution in [2.24, 2.45) is 0 Å². The molecule has 5 nitrogen and oxygen atoms in total. The van der Waals surface area contributed by atoms with Crippen molar-refractivity contribution < 1.29 is 19.1 Å². The third kappa shape index (κ3) is 7.20. The van der Waals surface area contributed by atoms with Crippen LogP contribution in [-0.4, -0.2) is 31.1 Å². The molecule has 0 fully saturated rings. The van der Waals surface area contributed by atoms with E-state index in [0.29, 0.717) is 12.2 Å². The highest BCUT2D eigenvalue weighted by atomic mass is 79.9. The number of hydrogen-bond donors (Lipinski definition) is 1. The van der Waals surface area contributed by atoms with Gasteiger partial charge >= 0.3 is 5.97 Å². The summed E-state index contributed by atoms with van der Waals surface area (Å²) in [6.45, 7) is 8.18. The first-order valence-electron chi connectivity index (χ1n) is 9.63. The second kappa shape index (κ2) is 10.4. The Morgan fingerprint density at radius 3 is 2.38 bits per heavy atom. The van der Waals surface area contributed by atoms with Crippen LogP contribution in [-0.2, 0) is 26.2 Å². The normalized spacial score (nSPS) is 12.2. The minimum atomic E-state index is -0.764. The van der Waals surface area contributed by atoms with Gasteiger partial charge in [0.25, 0.3) is 5.91 Å². The number of halogens is 1. The third-order valence-corrected chi connectivity index (χ3v) is 4.97. The summed E-state index contributed by atoms with van der Waals surface area (Å²) < 4.78 is 11.5. The van der Waals surface area contributed by atoms with E-state index in [4.69, 9.17) is 9.47 Å². The van der Waals surface area contributed by atoms with Gasteiger partial charge in [0, 0.05) is 6.42 Å². The van der Waals surface area contributed by atoms with Gasteiger partial charge in [-0.25, -0.2) is 4.79 Å². The van der Waals surface area contributed by atoms with Crippen molar-refractivity contribution in [3.63, 3.8) is 0 Å². The van der Waals surface area contributed by atoms with Crippen molar-refractivity contribution in [3.05, 3.63) is 64.1 Å². The minimum Gasteiger partial charge on any atom is -0.483 e. The Morgan fingerprint density at radius 1 is 1.10 bits per heavy atom. The summed E-state index contributed by atoms with van der Waals surface area (Å²) in [6.07, 6.45) is 0.357. The molecule has 2 aromatic carbocycles. The first kappa shape index (κ1) is 22.9. The molecule has 0 aromatic heterocycles. The van der Waals surface area contributed by atoms with E-state index in [9.17, 15) is 9.59 Å². The molecular formula is C23H28BrNO4. The average molecular weight is 462 g/mol. The van der Waals surface area contributed by atoms with E-state index in [-0.39, 0.29) is 24.5 Å². The smallest absolute Gasteiger partial charge is 0.328 e. The van der Waals surface area contributed by atoms with E-state index in [2.05, 4.69) is 42.0 Å². The monoisotopic (exact) mass is 461 g/mol. The number of carbonyl (C=O) groups is 2. The van der Waals surface area contributed by atoms with Crippen LogP contribution in [0.2, 0.25) is 0 Å². The molecule has 1 unspecified atom stereocenters. The number of ether oxygens (including phenoxy) is 2. The van der Waals surface area contributed by atoms with Gasteiger partial charge in [0.1, 0.15) is 11.8 Å². The first-order valence-corrected chi connectivity index (χ1v) is 10.4. The summed E-state index contributed by atoms with van der Waals surface area (Å²) in [6, 6.07) is 14.5. The van der Waals surface area contributed by atoms with Gasteiger partial charge in [0.15, 0.2) is 6.61 Å². The molecule has 0 aliphatic heterocycles. The molecule has 0 spiro atoms. The van der Waals surface area contributed by atoms with Crippen LogP contribution in [0.25, 0.3) is 0 Å². The van der Waals surface area contributed by atoms with E-state index in [1.54, 1.807) is 6.92 Å². The second-order valence-electron chi connectivity index (χ2n) is 7.75. The maximum Gasteiger partial charge on any atom is 0.328 e. The molecule has 0 saturated carbocycles. The molecular weight excluding hydrogens is 434 g/mol. The lowest BCUT2D eigenvalue weighted by molar-refractivity contribution is -0.147. The molecule has 0 bridgehead atoms. The topological polar surface area (TPSA) is 64.6 Å². The fourth-order valence-corrected chi connectivity index (χ4v) is 3.24. The van der Waals surface area contributed by atoms with Crippen molar-refractivity contribution in [2.45, 2.75) is 45.6 Å². The highest BCUT2D eigenvalue weighted by Gasteiger charge is 2.23. The number of nitrogens with one attached hydrogen (secondary N) is 1. The van der Waals surface area contributed by atoms with Crippen molar-refractivity contribution in [2.75, 3.05) is 13.2 Å². The van der Waals surface area contributed by atoms with Crippen molar-refractivity contribution in [1.82, 2.24) is 5.32 Å². The summed E-state index contributed by atoms with van der Waals surface area (Å²) >= 11 is 3.50. The molecule has 2 aromatic rings.